The first-order chi connectivity index (χ1) is 5.29. The molecule has 11 heavy (non-hydrogen) atoms. The highest BCUT2D eigenvalue weighted by Gasteiger charge is 2.13. The van der Waals surface area contributed by atoms with Gasteiger partial charge in [0.15, 0.2) is 0 Å². The van der Waals surface area contributed by atoms with Crippen LogP contribution in [0.1, 0.15) is 0 Å². The van der Waals surface area contributed by atoms with E-state index in [9.17, 15) is 4.79 Å². The van der Waals surface area contributed by atoms with Crippen molar-refractivity contribution in [1.29, 1.82) is 0 Å². The summed E-state index contributed by atoms with van der Waals surface area (Å²) in [5, 5.41) is 3.12. The zero-order chi connectivity index (χ0) is 8.10. The van der Waals surface area contributed by atoms with E-state index in [0.29, 0.717) is 13.2 Å². The van der Waals surface area contributed by atoms with Gasteiger partial charge in [-0.05, 0) is 0 Å². The molecule has 0 saturated carbocycles. The summed E-state index contributed by atoms with van der Waals surface area (Å²) < 4.78 is 9.70. The zero-order valence-corrected chi connectivity index (χ0v) is 6.21. The number of rotatable bonds is 2. The Morgan fingerprint density at radius 3 is 3.18 bits per heavy atom. The quantitative estimate of drug-likeness (QED) is 0.547. The number of carbonyl (C=O) groups excluding carboxylic acids is 1. The summed E-state index contributed by atoms with van der Waals surface area (Å²) in [5.41, 5.74) is 4.78. The van der Waals surface area contributed by atoms with Crippen molar-refractivity contribution in [1.82, 2.24) is 5.32 Å². The molecule has 1 aliphatic rings. The van der Waals surface area contributed by atoms with Crippen molar-refractivity contribution in [2.24, 2.45) is 5.73 Å². The SMILES string of the molecule is NC(=O)OC[C@H]1COCCN1. The molecule has 1 fully saturated rings. The van der Waals surface area contributed by atoms with Crippen LogP contribution in [0.2, 0.25) is 0 Å². The molecule has 1 aliphatic heterocycles. The summed E-state index contributed by atoms with van der Waals surface area (Å²) in [7, 11) is 0. The predicted octanol–water partition coefficient (Wildman–Crippen LogP) is -0.930. The molecular formula is C6H12N2O3. The summed E-state index contributed by atoms with van der Waals surface area (Å²) in [6.45, 7) is 2.38. The van der Waals surface area contributed by atoms with Crippen LogP contribution in [0, 0.1) is 0 Å². The molecule has 0 spiro atoms. The molecule has 1 saturated heterocycles. The van der Waals surface area contributed by atoms with Gasteiger partial charge in [0.1, 0.15) is 6.61 Å². The van der Waals surface area contributed by atoms with E-state index < -0.39 is 6.09 Å². The summed E-state index contributed by atoms with van der Waals surface area (Å²) in [5.74, 6) is 0. The molecule has 0 aromatic heterocycles. The van der Waals surface area contributed by atoms with Gasteiger partial charge in [-0.15, -0.1) is 0 Å². The second-order valence-corrected chi connectivity index (χ2v) is 2.36. The van der Waals surface area contributed by atoms with Gasteiger partial charge in [-0.2, -0.15) is 0 Å². The highest BCUT2D eigenvalue weighted by atomic mass is 16.5. The highest BCUT2D eigenvalue weighted by molar-refractivity contribution is 5.64. The average molecular weight is 160 g/mol. The fourth-order valence-corrected chi connectivity index (χ4v) is 0.909. The first kappa shape index (κ1) is 8.29. The highest BCUT2D eigenvalue weighted by Crippen LogP contribution is 1.93. The third-order valence-corrected chi connectivity index (χ3v) is 1.43. The van der Waals surface area contributed by atoms with Crippen molar-refractivity contribution >= 4 is 6.09 Å². The van der Waals surface area contributed by atoms with Crippen LogP contribution in [0.5, 0.6) is 0 Å². The van der Waals surface area contributed by atoms with Crippen molar-refractivity contribution in [2.75, 3.05) is 26.4 Å². The summed E-state index contributed by atoms with van der Waals surface area (Å²) in [6, 6.07) is 0.0937. The third-order valence-electron chi connectivity index (χ3n) is 1.43. The molecular weight excluding hydrogens is 148 g/mol. The van der Waals surface area contributed by atoms with Crippen LogP contribution >= 0.6 is 0 Å². The maximum absolute atomic E-state index is 10.2. The Labute approximate surface area is 64.8 Å². The minimum absolute atomic E-state index is 0.0937. The lowest BCUT2D eigenvalue weighted by Gasteiger charge is -2.22. The smallest absolute Gasteiger partial charge is 0.404 e. The van der Waals surface area contributed by atoms with E-state index in [-0.39, 0.29) is 12.6 Å². The van der Waals surface area contributed by atoms with Crippen molar-refractivity contribution < 1.29 is 14.3 Å². The second kappa shape index (κ2) is 4.15. The zero-order valence-electron chi connectivity index (χ0n) is 6.21. The molecule has 64 valence electrons. The summed E-state index contributed by atoms with van der Waals surface area (Å²) in [4.78, 5) is 10.2. The number of ether oxygens (including phenoxy) is 2. The Hall–Kier alpha value is -0.810. The Morgan fingerprint density at radius 1 is 1.82 bits per heavy atom. The van der Waals surface area contributed by atoms with Gasteiger partial charge in [0, 0.05) is 6.54 Å². The third kappa shape index (κ3) is 3.20. The van der Waals surface area contributed by atoms with Gasteiger partial charge in [0.05, 0.1) is 19.3 Å². The number of hydrogen-bond acceptors (Lipinski definition) is 4. The minimum Gasteiger partial charge on any atom is -0.448 e. The molecule has 5 heteroatoms. The van der Waals surface area contributed by atoms with Gasteiger partial charge in [0.2, 0.25) is 0 Å². The number of nitrogens with one attached hydrogen (secondary N) is 1. The van der Waals surface area contributed by atoms with Crippen LogP contribution in [-0.4, -0.2) is 38.5 Å². The van der Waals surface area contributed by atoms with E-state index in [0.717, 1.165) is 6.54 Å². The van der Waals surface area contributed by atoms with Gasteiger partial charge in [-0.1, -0.05) is 0 Å². The Balaban J connectivity index is 2.09. The van der Waals surface area contributed by atoms with Gasteiger partial charge >= 0.3 is 6.09 Å². The standard InChI is InChI=1S/C6H12N2O3/c7-6(9)11-4-5-3-10-2-1-8-5/h5,8H,1-4H2,(H2,7,9)/t5-/m1/s1. The van der Waals surface area contributed by atoms with Crippen molar-refractivity contribution in [3.63, 3.8) is 0 Å². The molecule has 0 bridgehead atoms. The summed E-state index contributed by atoms with van der Waals surface area (Å²) in [6.07, 6.45) is -0.739. The molecule has 3 N–H and O–H groups in total. The number of morpholine rings is 1. The van der Waals surface area contributed by atoms with E-state index in [1.807, 2.05) is 0 Å². The molecule has 1 atom stereocenters. The van der Waals surface area contributed by atoms with E-state index in [1.54, 1.807) is 0 Å². The molecule has 0 aromatic rings. The molecule has 0 aliphatic carbocycles. The topological polar surface area (TPSA) is 73.6 Å². The molecule has 1 heterocycles. The summed E-state index contributed by atoms with van der Waals surface area (Å²) >= 11 is 0. The number of carbonyl (C=O) groups is 1. The lowest BCUT2D eigenvalue weighted by Crippen LogP contribution is -2.44. The fraction of sp³-hybridized carbons (Fsp3) is 0.833. The van der Waals surface area contributed by atoms with Crippen LogP contribution in [0.15, 0.2) is 0 Å². The monoisotopic (exact) mass is 160 g/mol. The molecule has 5 nitrogen and oxygen atoms in total. The second-order valence-electron chi connectivity index (χ2n) is 2.36. The lowest BCUT2D eigenvalue weighted by molar-refractivity contribution is 0.0486. The molecule has 0 radical (unpaired) electrons. The molecule has 1 rings (SSSR count). The van der Waals surface area contributed by atoms with Gasteiger partial charge in [-0.25, -0.2) is 4.79 Å². The van der Waals surface area contributed by atoms with Crippen LogP contribution in [-0.2, 0) is 9.47 Å². The van der Waals surface area contributed by atoms with Crippen LogP contribution in [0.25, 0.3) is 0 Å². The lowest BCUT2D eigenvalue weighted by atomic mass is 10.3. The Kier molecular flexibility index (Phi) is 3.13. The first-order valence-corrected chi connectivity index (χ1v) is 3.52. The Bertz CT molecular complexity index is 134. The molecule has 0 aromatic carbocycles. The largest absolute Gasteiger partial charge is 0.448 e. The van der Waals surface area contributed by atoms with Crippen LogP contribution in [0.3, 0.4) is 0 Å². The van der Waals surface area contributed by atoms with E-state index in [4.69, 9.17) is 10.5 Å². The number of primary amides is 1. The van der Waals surface area contributed by atoms with Gasteiger partial charge in [0.25, 0.3) is 0 Å². The molecule has 1 amide bonds. The van der Waals surface area contributed by atoms with E-state index in [1.165, 1.54) is 0 Å². The normalized spacial score (nSPS) is 24.5. The first-order valence-electron chi connectivity index (χ1n) is 3.52. The maximum atomic E-state index is 10.2. The van der Waals surface area contributed by atoms with Crippen molar-refractivity contribution in [2.45, 2.75) is 6.04 Å². The minimum atomic E-state index is -0.739. The van der Waals surface area contributed by atoms with Crippen molar-refractivity contribution in [3.8, 4) is 0 Å². The fourth-order valence-electron chi connectivity index (χ4n) is 0.909. The van der Waals surface area contributed by atoms with Crippen molar-refractivity contribution in [3.05, 3.63) is 0 Å². The van der Waals surface area contributed by atoms with Crippen LogP contribution in [0.4, 0.5) is 4.79 Å². The molecule has 0 unspecified atom stereocenters. The average Bonchev–Trinajstić information content (AvgIpc) is 2.03. The maximum Gasteiger partial charge on any atom is 0.404 e. The van der Waals surface area contributed by atoms with E-state index >= 15 is 0 Å². The van der Waals surface area contributed by atoms with Crippen LogP contribution < -0.4 is 11.1 Å². The van der Waals surface area contributed by atoms with E-state index in [2.05, 4.69) is 10.1 Å². The van der Waals surface area contributed by atoms with Gasteiger partial charge < -0.3 is 20.5 Å². The number of hydrogen-bond donors (Lipinski definition) is 2. The number of nitrogens with two attached hydrogens (primary N) is 1. The number of amides is 1. The predicted molar refractivity (Wildman–Crippen MR) is 38.1 cm³/mol. The van der Waals surface area contributed by atoms with Gasteiger partial charge in [-0.3, -0.25) is 0 Å². The Morgan fingerprint density at radius 2 is 2.64 bits per heavy atom.